The molecule has 9 heavy (non-hydrogen) atoms. The summed E-state index contributed by atoms with van der Waals surface area (Å²) in [7, 11) is 0. The normalized spacial score (nSPS) is 9.33. The SMILES string of the molecule is Nc1cc(N)cc([S])c1. The fourth-order valence-electron chi connectivity index (χ4n) is 0.646. The Balaban J connectivity index is 3.17. The lowest BCUT2D eigenvalue weighted by atomic mass is 10.3. The molecule has 0 aliphatic heterocycles. The molecule has 0 fully saturated rings. The molecule has 0 saturated heterocycles. The van der Waals surface area contributed by atoms with Crippen molar-refractivity contribution in [3.05, 3.63) is 18.2 Å². The number of nitrogen functional groups attached to an aromatic ring is 2. The molecule has 3 heteroatoms. The quantitative estimate of drug-likeness (QED) is 0.534. The smallest absolute Gasteiger partial charge is 0.0418 e. The second-order valence-corrected chi connectivity index (χ2v) is 2.31. The Morgan fingerprint density at radius 3 is 1.78 bits per heavy atom. The Kier molecular flexibility index (Phi) is 1.44. The largest absolute Gasteiger partial charge is 0.399 e. The van der Waals surface area contributed by atoms with Gasteiger partial charge in [0.25, 0.3) is 0 Å². The maximum Gasteiger partial charge on any atom is 0.0418 e. The molecule has 4 N–H and O–H groups in total. The van der Waals surface area contributed by atoms with Crippen LogP contribution in [0.5, 0.6) is 0 Å². The molecule has 0 aliphatic carbocycles. The van der Waals surface area contributed by atoms with Gasteiger partial charge in [-0.2, -0.15) is 0 Å². The van der Waals surface area contributed by atoms with Crippen molar-refractivity contribution >= 4 is 24.0 Å². The molecule has 1 aromatic carbocycles. The van der Waals surface area contributed by atoms with E-state index in [2.05, 4.69) is 0 Å². The minimum absolute atomic E-state index is 0.625. The van der Waals surface area contributed by atoms with Gasteiger partial charge in [-0.3, -0.25) is 0 Å². The van der Waals surface area contributed by atoms with Gasteiger partial charge in [-0.15, -0.1) is 0 Å². The summed E-state index contributed by atoms with van der Waals surface area (Å²) in [6, 6.07) is 5.08. The topological polar surface area (TPSA) is 52.0 Å². The molecule has 1 rings (SSSR count). The Morgan fingerprint density at radius 2 is 1.44 bits per heavy atom. The van der Waals surface area contributed by atoms with E-state index in [0.29, 0.717) is 16.3 Å². The Morgan fingerprint density at radius 1 is 1.00 bits per heavy atom. The van der Waals surface area contributed by atoms with Crippen LogP contribution in [0.2, 0.25) is 0 Å². The fraction of sp³-hybridized carbons (Fsp3) is 0. The molecule has 0 amide bonds. The summed E-state index contributed by atoms with van der Waals surface area (Å²) < 4.78 is 0. The molecular weight excluding hydrogens is 132 g/mol. The van der Waals surface area contributed by atoms with Gasteiger partial charge in [0.15, 0.2) is 0 Å². The highest BCUT2D eigenvalue weighted by molar-refractivity contribution is 7.80. The molecular formula is C6H7N2S. The second kappa shape index (κ2) is 2.11. The maximum atomic E-state index is 5.41. The zero-order chi connectivity index (χ0) is 6.85. The first-order chi connectivity index (χ1) is 4.18. The average Bonchev–Trinajstić information content (AvgIpc) is 1.59. The second-order valence-electron chi connectivity index (χ2n) is 1.84. The summed E-state index contributed by atoms with van der Waals surface area (Å²) >= 11 is 4.83. The molecule has 0 atom stereocenters. The van der Waals surface area contributed by atoms with Crippen LogP contribution in [0, 0.1) is 0 Å². The monoisotopic (exact) mass is 139 g/mol. The van der Waals surface area contributed by atoms with Crippen LogP contribution in [0.3, 0.4) is 0 Å². The number of rotatable bonds is 0. The predicted octanol–water partition coefficient (Wildman–Crippen LogP) is 1.41. The van der Waals surface area contributed by atoms with Crippen molar-refractivity contribution < 1.29 is 0 Å². The fourth-order valence-corrected chi connectivity index (χ4v) is 0.918. The third-order valence-corrected chi connectivity index (χ3v) is 1.19. The Hall–Kier alpha value is -0.960. The van der Waals surface area contributed by atoms with Gasteiger partial charge in [0, 0.05) is 16.3 Å². The molecule has 0 saturated carbocycles. The van der Waals surface area contributed by atoms with Crippen molar-refractivity contribution in [1.82, 2.24) is 0 Å². The van der Waals surface area contributed by atoms with Gasteiger partial charge in [-0.25, -0.2) is 0 Å². The molecule has 0 aliphatic rings. The minimum Gasteiger partial charge on any atom is -0.399 e. The number of hydrogen-bond donors (Lipinski definition) is 2. The van der Waals surface area contributed by atoms with Gasteiger partial charge < -0.3 is 11.5 Å². The van der Waals surface area contributed by atoms with Gasteiger partial charge in [-0.05, 0) is 18.2 Å². The first-order valence-corrected chi connectivity index (χ1v) is 2.92. The lowest BCUT2D eigenvalue weighted by Crippen LogP contribution is -1.88. The molecule has 0 aromatic heterocycles. The van der Waals surface area contributed by atoms with Crippen LogP contribution >= 0.6 is 12.6 Å². The van der Waals surface area contributed by atoms with Crippen molar-refractivity contribution in [2.75, 3.05) is 11.5 Å². The molecule has 0 bridgehead atoms. The molecule has 0 unspecified atom stereocenters. The highest BCUT2D eigenvalue weighted by Gasteiger charge is 1.90. The summed E-state index contributed by atoms with van der Waals surface area (Å²) in [6.07, 6.45) is 0. The minimum atomic E-state index is 0.625. The van der Waals surface area contributed by atoms with Crippen LogP contribution < -0.4 is 11.5 Å². The third kappa shape index (κ3) is 1.47. The molecule has 0 spiro atoms. The summed E-state index contributed by atoms with van der Waals surface area (Å²) in [5, 5.41) is 0. The lowest BCUT2D eigenvalue weighted by molar-refractivity contribution is 1.48. The maximum absolute atomic E-state index is 5.41. The molecule has 1 radical (unpaired) electrons. The summed E-state index contributed by atoms with van der Waals surface area (Å²) in [5.41, 5.74) is 12.1. The summed E-state index contributed by atoms with van der Waals surface area (Å²) in [4.78, 5) is 0.688. The van der Waals surface area contributed by atoms with Crippen LogP contribution in [0.1, 0.15) is 0 Å². The standard InChI is InChI=1S/C6H7N2S/c7-4-1-5(8)3-6(9)2-4/h1-3H,7-8H2. The van der Waals surface area contributed by atoms with E-state index in [1.807, 2.05) is 0 Å². The van der Waals surface area contributed by atoms with E-state index >= 15 is 0 Å². The summed E-state index contributed by atoms with van der Waals surface area (Å²) in [6.45, 7) is 0. The van der Waals surface area contributed by atoms with Crippen LogP contribution in [0.25, 0.3) is 0 Å². The van der Waals surface area contributed by atoms with Gasteiger partial charge >= 0.3 is 0 Å². The molecule has 2 nitrogen and oxygen atoms in total. The molecule has 0 heterocycles. The first kappa shape index (κ1) is 6.16. The Labute approximate surface area is 59.3 Å². The third-order valence-electron chi connectivity index (χ3n) is 0.951. The van der Waals surface area contributed by atoms with Crippen LogP contribution in [0.4, 0.5) is 11.4 Å². The average molecular weight is 139 g/mol. The van der Waals surface area contributed by atoms with Gasteiger partial charge in [0.05, 0.1) is 0 Å². The summed E-state index contributed by atoms with van der Waals surface area (Å²) in [5.74, 6) is 0. The van der Waals surface area contributed by atoms with Crippen LogP contribution in [0.15, 0.2) is 23.1 Å². The van der Waals surface area contributed by atoms with Crippen LogP contribution in [-0.2, 0) is 0 Å². The highest BCUT2D eigenvalue weighted by Crippen LogP contribution is 2.15. The molecule has 1 aromatic rings. The van der Waals surface area contributed by atoms with Gasteiger partial charge in [0.2, 0.25) is 0 Å². The van der Waals surface area contributed by atoms with Gasteiger partial charge in [0.1, 0.15) is 0 Å². The van der Waals surface area contributed by atoms with Crippen molar-refractivity contribution in [2.45, 2.75) is 4.90 Å². The van der Waals surface area contributed by atoms with E-state index in [9.17, 15) is 0 Å². The Bertz CT molecular complexity index is 172. The van der Waals surface area contributed by atoms with Crippen molar-refractivity contribution in [3.63, 3.8) is 0 Å². The van der Waals surface area contributed by atoms with E-state index in [-0.39, 0.29) is 0 Å². The number of benzene rings is 1. The van der Waals surface area contributed by atoms with Crippen molar-refractivity contribution in [3.8, 4) is 0 Å². The highest BCUT2D eigenvalue weighted by atomic mass is 32.1. The number of nitrogens with two attached hydrogens (primary N) is 2. The van der Waals surface area contributed by atoms with E-state index in [0.717, 1.165) is 0 Å². The van der Waals surface area contributed by atoms with Crippen molar-refractivity contribution in [2.24, 2.45) is 0 Å². The van der Waals surface area contributed by atoms with E-state index in [1.54, 1.807) is 18.2 Å². The van der Waals surface area contributed by atoms with Gasteiger partial charge in [-0.1, -0.05) is 12.6 Å². The molecule has 47 valence electrons. The zero-order valence-corrected chi connectivity index (χ0v) is 5.61. The predicted molar refractivity (Wildman–Crippen MR) is 41.1 cm³/mol. The lowest BCUT2D eigenvalue weighted by Gasteiger charge is -1.95. The number of hydrogen-bond acceptors (Lipinski definition) is 2. The number of anilines is 2. The van der Waals surface area contributed by atoms with E-state index < -0.39 is 0 Å². The zero-order valence-electron chi connectivity index (χ0n) is 4.79. The van der Waals surface area contributed by atoms with Crippen LogP contribution in [-0.4, -0.2) is 0 Å². The first-order valence-electron chi connectivity index (χ1n) is 2.51. The van der Waals surface area contributed by atoms with E-state index in [1.165, 1.54) is 0 Å². The van der Waals surface area contributed by atoms with Crippen molar-refractivity contribution in [1.29, 1.82) is 0 Å². The van der Waals surface area contributed by atoms with E-state index in [4.69, 9.17) is 24.1 Å².